The fourth-order valence-corrected chi connectivity index (χ4v) is 2.43. The molecule has 0 spiro atoms. The van der Waals surface area contributed by atoms with Gasteiger partial charge in [0.1, 0.15) is 5.75 Å². The molecule has 1 aliphatic carbocycles. The van der Waals surface area contributed by atoms with Crippen molar-refractivity contribution in [2.45, 2.75) is 26.2 Å². The summed E-state index contributed by atoms with van der Waals surface area (Å²) in [7, 11) is 0. The maximum absolute atomic E-state index is 12.5. The summed E-state index contributed by atoms with van der Waals surface area (Å²) in [5.74, 6) is 0.557. The minimum absolute atomic E-state index is 0.0240. The Hall–Kier alpha value is -2.82. The molecule has 2 N–H and O–H groups in total. The van der Waals surface area contributed by atoms with Crippen molar-refractivity contribution >= 4 is 23.2 Å². The van der Waals surface area contributed by atoms with Crippen molar-refractivity contribution in [3.05, 3.63) is 54.1 Å². The first-order valence-electron chi connectivity index (χ1n) is 8.61. The first-order valence-corrected chi connectivity index (χ1v) is 8.61. The molecule has 0 radical (unpaired) electrons. The van der Waals surface area contributed by atoms with Gasteiger partial charge < -0.3 is 15.4 Å². The van der Waals surface area contributed by atoms with Gasteiger partial charge in [0.25, 0.3) is 5.91 Å². The zero-order valence-corrected chi connectivity index (χ0v) is 14.2. The van der Waals surface area contributed by atoms with E-state index < -0.39 is 0 Å². The fraction of sp³-hybridized carbons (Fsp3) is 0.300. The number of rotatable bonds is 7. The fourth-order valence-electron chi connectivity index (χ4n) is 2.43. The van der Waals surface area contributed by atoms with Crippen LogP contribution in [0.1, 0.15) is 36.5 Å². The number of hydrogen-bond donors (Lipinski definition) is 2. The smallest absolute Gasteiger partial charge is 0.255 e. The minimum Gasteiger partial charge on any atom is -0.491 e. The molecule has 1 aliphatic rings. The van der Waals surface area contributed by atoms with Crippen LogP contribution in [0.3, 0.4) is 0 Å². The van der Waals surface area contributed by atoms with Crippen LogP contribution in [0.25, 0.3) is 0 Å². The van der Waals surface area contributed by atoms with Gasteiger partial charge >= 0.3 is 0 Å². The normalized spacial score (nSPS) is 13.2. The van der Waals surface area contributed by atoms with E-state index in [-0.39, 0.29) is 17.7 Å². The highest BCUT2D eigenvalue weighted by Crippen LogP contribution is 2.30. The van der Waals surface area contributed by atoms with E-state index in [2.05, 4.69) is 10.6 Å². The number of amides is 2. The van der Waals surface area contributed by atoms with Crippen molar-refractivity contribution in [1.29, 1.82) is 0 Å². The Morgan fingerprint density at radius 3 is 2.64 bits per heavy atom. The molecule has 130 valence electrons. The quantitative estimate of drug-likeness (QED) is 0.799. The van der Waals surface area contributed by atoms with E-state index in [4.69, 9.17) is 4.74 Å². The second kappa shape index (κ2) is 7.83. The Balaban J connectivity index is 1.70. The molecule has 1 saturated carbocycles. The number of carbonyl (C=O) groups excluding carboxylic acids is 2. The molecule has 1 fully saturated rings. The van der Waals surface area contributed by atoms with Crippen LogP contribution in [0, 0.1) is 5.92 Å². The summed E-state index contributed by atoms with van der Waals surface area (Å²) in [4.78, 5) is 24.4. The van der Waals surface area contributed by atoms with E-state index in [1.54, 1.807) is 24.3 Å². The first kappa shape index (κ1) is 17.0. The SMILES string of the molecule is CCCOc1ccccc1NC(=O)c1cccc(NC(=O)C2CC2)c1. The number of benzene rings is 2. The van der Waals surface area contributed by atoms with Gasteiger partial charge in [0.2, 0.25) is 5.91 Å². The Morgan fingerprint density at radius 1 is 1.08 bits per heavy atom. The van der Waals surface area contributed by atoms with Crippen LogP contribution >= 0.6 is 0 Å². The van der Waals surface area contributed by atoms with Gasteiger partial charge in [-0.2, -0.15) is 0 Å². The standard InChI is InChI=1S/C20H22N2O3/c1-2-12-25-18-9-4-3-8-17(18)22-20(24)15-6-5-7-16(13-15)21-19(23)14-10-11-14/h3-9,13-14H,2,10-12H2,1H3,(H,21,23)(H,22,24). The highest BCUT2D eigenvalue weighted by Gasteiger charge is 2.29. The predicted molar refractivity (Wildman–Crippen MR) is 98.0 cm³/mol. The molecular formula is C20H22N2O3. The molecule has 25 heavy (non-hydrogen) atoms. The summed E-state index contributed by atoms with van der Waals surface area (Å²) in [6.45, 7) is 2.62. The maximum atomic E-state index is 12.5. The zero-order valence-electron chi connectivity index (χ0n) is 14.2. The number of nitrogens with one attached hydrogen (secondary N) is 2. The average molecular weight is 338 g/mol. The van der Waals surface area contributed by atoms with Crippen LogP contribution in [-0.2, 0) is 4.79 Å². The van der Waals surface area contributed by atoms with Crippen LogP contribution in [-0.4, -0.2) is 18.4 Å². The number of para-hydroxylation sites is 2. The Morgan fingerprint density at radius 2 is 1.88 bits per heavy atom. The topological polar surface area (TPSA) is 67.4 Å². The van der Waals surface area contributed by atoms with Gasteiger partial charge in [0, 0.05) is 17.2 Å². The molecule has 0 unspecified atom stereocenters. The molecule has 2 aromatic rings. The highest BCUT2D eigenvalue weighted by molar-refractivity contribution is 6.06. The molecular weight excluding hydrogens is 316 g/mol. The van der Waals surface area contributed by atoms with E-state index in [9.17, 15) is 9.59 Å². The molecule has 0 bridgehead atoms. The van der Waals surface area contributed by atoms with Crippen molar-refractivity contribution in [1.82, 2.24) is 0 Å². The third kappa shape index (κ3) is 4.59. The Labute approximate surface area is 147 Å². The molecule has 2 amide bonds. The summed E-state index contributed by atoms with van der Waals surface area (Å²) in [5, 5.41) is 5.73. The second-order valence-electron chi connectivity index (χ2n) is 6.14. The largest absolute Gasteiger partial charge is 0.491 e. The molecule has 0 heterocycles. The van der Waals surface area contributed by atoms with E-state index in [0.29, 0.717) is 29.3 Å². The Bertz CT molecular complexity index is 769. The van der Waals surface area contributed by atoms with Crippen LogP contribution in [0.2, 0.25) is 0 Å². The lowest BCUT2D eigenvalue weighted by Gasteiger charge is -2.12. The van der Waals surface area contributed by atoms with E-state index >= 15 is 0 Å². The number of carbonyl (C=O) groups is 2. The lowest BCUT2D eigenvalue weighted by molar-refractivity contribution is -0.117. The number of ether oxygens (including phenoxy) is 1. The summed E-state index contributed by atoms with van der Waals surface area (Å²) in [6.07, 6.45) is 2.78. The van der Waals surface area contributed by atoms with Gasteiger partial charge in [-0.1, -0.05) is 25.1 Å². The van der Waals surface area contributed by atoms with Crippen LogP contribution in [0.5, 0.6) is 5.75 Å². The lowest BCUT2D eigenvalue weighted by atomic mass is 10.1. The lowest BCUT2D eigenvalue weighted by Crippen LogP contribution is -2.16. The van der Waals surface area contributed by atoms with Gasteiger partial charge in [0.15, 0.2) is 0 Å². The van der Waals surface area contributed by atoms with Gasteiger partial charge in [-0.3, -0.25) is 9.59 Å². The van der Waals surface area contributed by atoms with Crippen molar-refractivity contribution < 1.29 is 14.3 Å². The van der Waals surface area contributed by atoms with Gasteiger partial charge in [-0.15, -0.1) is 0 Å². The third-order valence-electron chi connectivity index (χ3n) is 3.94. The van der Waals surface area contributed by atoms with Crippen molar-refractivity contribution in [2.75, 3.05) is 17.2 Å². The summed E-state index contributed by atoms with van der Waals surface area (Å²) >= 11 is 0. The Kier molecular flexibility index (Phi) is 5.33. The molecule has 0 saturated heterocycles. The van der Waals surface area contributed by atoms with E-state index in [1.165, 1.54) is 0 Å². The highest BCUT2D eigenvalue weighted by atomic mass is 16.5. The molecule has 2 aromatic carbocycles. The van der Waals surface area contributed by atoms with Crippen LogP contribution in [0.15, 0.2) is 48.5 Å². The van der Waals surface area contributed by atoms with Gasteiger partial charge in [0.05, 0.1) is 12.3 Å². The van der Waals surface area contributed by atoms with Crippen molar-refractivity contribution in [2.24, 2.45) is 5.92 Å². The molecule has 3 rings (SSSR count). The monoisotopic (exact) mass is 338 g/mol. The maximum Gasteiger partial charge on any atom is 0.255 e. The molecule has 0 aliphatic heterocycles. The predicted octanol–water partition coefficient (Wildman–Crippen LogP) is 4.08. The van der Waals surface area contributed by atoms with Crippen molar-refractivity contribution in [3.8, 4) is 5.75 Å². The summed E-state index contributed by atoms with van der Waals surface area (Å²) < 4.78 is 5.66. The van der Waals surface area contributed by atoms with Gasteiger partial charge in [-0.25, -0.2) is 0 Å². The molecule has 0 aromatic heterocycles. The van der Waals surface area contributed by atoms with E-state index in [0.717, 1.165) is 19.3 Å². The average Bonchev–Trinajstić information content (AvgIpc) is 3.46. The van der Waals surface area contributed by atoms with Gasteiger partial charge in [-0.05, 0) is 49.6 Å². The van der Waals surface area contributed by atoms with Crippen LogP contribution < -0.4 is 15.4 Å². The summed E-state index contributed by atoms with van der Waals surface area (Å²) in [6, 6.07) is 14.3. The first-order chi connectivity index (χ1) is 12.2. The van der Waals surface area contributed by atoms with Crippen LogP contribution in [0.4, 0.5) is 11.4 Å². The molecule has 0 atom stereocenters. The molecule has 5 heteroatoms. The number of hydrogen-bond acceptors (Lipinski definition) is 3. The van der Waals surface area contributed by atoms with Crippen molar-refractivity contribution in [3.63, 3.8) is 0 Å². The third-order valence-corrected chi connectivity index (χ3v) is 3.94. The summed E-state index contributed by atoms with van der Waals surface area (Å²) in [5.41, 5.74) is 1.76. The minimum atomic E-state index is -0.241. The van der Waals surface area contributed by atoms with E-state index in [1.807, 2.05) is 31.2 Å². The zero-order chi connectivity index (χ0) is 17.6. The second-order valence-corrected chi connectivity index (χ2v) is 6.14. The number of anilines is 2. The molecule has 5 nitrogen and oxygen atoms in total.